The van der Waals surface area contributed by atoms with Crippen LogP contribution in [0.15, 0.2) is 30.3 Å². The maximum absolute atomic E-state index is 5.76. The molecule has 0 spiro atoms. The van der Waals surface area contributed by atoms with Gasteiger partial charge in [-0.15, -0.1) is 5.10 Å². The summed E-state index contributed by atoms with van der Waals surface area (Å²) in [6.45, 7) is 2.50. The van der Waals surface area contributed by atoms with Crippen molar-refractivity contribution in [2.75, 3.05) is 17.2 Å². The van der Waals surface area contributed by atoms with Gasteiger partial charge in [0, 0.05) is 25.3 Å². The monoisotopic (exact) mass is 298 g/mol. The Balaban J connectivity index is 1.99. The van der Waals surface area contributed by atoms with Gasteiger partial charge >= 0.3 is 0 Å². The Morgan fingerprint density at radius 3 is 2.73 bits per heavy atom. The summed E-state index contributed by atoms with van der Waals surface area (Å²) in [6, 6.07) is 9.78. The number of nitrogens with one attached hydrogen (secondary N) is 2. The molecule has 8 heteroatoms. The lowest BCUT2D eigenvalue weighted by molar-refractivity contribution is 0.729. The van der Waals surface area contributed by atoms with Crippen molar-refractivity contribution in [3.05, 3.63) is 30.3 Å². The van der Waals surface area contributed by atoms with E-state index in [1.165, 1.54) is 0 Å². The Bertz CT molecular complexity index is 765. The number of nitrogens with two attached hydrogens (primary N) is 1. The minimum Gasteiger partial charge on any atom is -0.353 e. The Labute approximate surface area is 127 Å². The molecule has 0 fully saturated rings. The van der Waals surface area contributed by atoms with Gasteiger partial charge in [-0.05, 0) is 19.1 Å². The summed E-state index contributed by atoms with van der Waals surface area (Å²) in [5.74, 6) is 1.10. The molecule has 114 valence electrons. The summed E-state index contributed by atoms with van der Waals surface area (Å²) in [5, 5.41) is 14.5. The first-order valence-corrected chi connectivity index (χ1v) is 7.02. The molecule has 0 bridgehead atoms. The molecule has 3 rings (SSSR count). The predicted octanol–water partition coefficient (Wildman–Crippen LogP) is 1.26. The first-order chi connectivity index (χ1) is 10.6. The molecular formula is C14H18N8. The molecule has 0 saturated heterocycles. The molecule has 2 heterocycles. The zero-order valence-electron chi connectivity index (χ0n) is 12.5. The highest BCUT2D eigenvalue weighted by Gasteiger charge is 2.13. The fourth-order valence-electron chi connectivity index (χ4n) is 1.99. The highest BCUT2D eigenvalue weighted by Crippen LogP contribution is 2.22. The number of benzene rings is 1. The van der Waals surface area contributed by atoms with Crippen molar-refractivity contribution in [2.24, 2.45) is 12.8 Å². The largest absolute Gasteiger partial charge is 0.353 e. The van der Waals surface area contributed by atoms with Gasteiger partial charge in [0.05, 0.1) is 0 Å². The van der Waals surface area contributed by atoms with Crippen LogP contribution in [0.3, 0.4) is 0 Å². The number of fused-ring (bicyclic) bond motifs is 1. The van der Waals surface area contributed by atoms with Gasteiger partial charge in [-0.25, -0.2) is 4.68 Å². The molecule has 22 heavy (non-hydrogen) atoms. The number of hydrogen-bond donors (Lipinski definition) is 3. The minimum atomic E-state index is 0.00879. The smallest absolute Gasteiger partial charge is 0.226 e. The molecule has 3 aromatic rings. The maximum Gasteiger partial charge on any atom is 0.226 e. The normalized spacial score (nSPS) is 12.3. The average molecular weight is 298 g/mol. The molecule has 0 aliphatic carbocycles. The molecule has 0 aliphatic rings. The third-order valence-electron chi connectivity index (χ3n) is 3.07. The Morgan fingerprint density at radius 2 is 2.00 bits per heavy atom. The van der Waals surface area contributed by atoms with Crippen LogP contribution in [-0.2, 0) is 7.05 Å². The lowest BCUT2D eigenvalue weighted by Gasteiger charge is -2.10. The van der Waals surface area contributed by atoms with Gasteiger partial charge in [0.2, 0.25) is 5.95 Å². The van der Waals surface area contributed by atoms with E-state index in [2.05, 4.69) is 30.9 Å². The van der Waals surface area contributed by atoms with E-state index in [-0.39, 0.29) is 6.04 Å². The molecule has 1 atom stereocenters. The van der Waals surface area contributed by atoms with E-state index in [1.54, 1.807) is 11.7 Å². The topological polar surface area (TPSA) is 107 Å². The second-order valence-electron chi connectivity index (χ2n) is 5.13. The molecule has 0 radical (unpaired) electrons. The second kappa shape index (κ2) is 5.94. The van der Waals surface area contributed by atoms with Gasteiger partial charge in [0.15, 0.2) is 17.0 Å². The molecule has 1 aromatic carbocycles. The van der Waals surface area contributed by atoms with Crippen LogP contribution in [0.2, 0.25) is 0 Å². The van der Waals surface area contributed by atoms with Gasteiger partial charge in [0.25, 0.3) is 0 Å². The summed E-state index contributed by atoms with van der Waals surface area (Å²) in [5.41, 5.74) is 7.96. The van der Waals surface area contributed by atoms with Crippen LogP contribution in [0.25, 0.3) is 11.2 Å². The highest BCUT2D eigenvalue weighted by atomic mass is 15.4. The van der Waals surface area contributed by atoms with E-state index >= 15 is 0 Å². The lowest BCUT2D eigenvalue weighted by atomic mass is 10.3. The minimum absolute atomic E-state index is 0.00879. The van der Waals surface area contributed by atoms with Gasteiger partial charge in [-0.3, -0.25) is 0 Å². The fourth-order valence-corrected chi connectivity index (χ4v) is 1.99. The number of hydrogen-bond acceptors (Lipinski definition) is 7. The number of nitrogens with zero attached hydrogens (tertiary/aromatic N) is 5. The molecule has 1 unspecified atom stereocenters. The van der Waals surface area contributed by atoms with E-state index in [0.717, 1.165) is 5.69 Å². The van der Waals surface area contributed by atoms with Crippen LogP contribution >= 0.6 is 0 Å². The number of aryl methyl sites for hydroxylation is 1. The van der Waals surface area contributed by atoms with Crippen molar-refractivity contribution in [2.45, 2.75) is 13.0 Å². The van der Waals surface area contributed by atoms with E-state index in [4.69, 9.17) is 5.73 Å². The van der Waals surface area contributed by atoms with E-state index in [1.807, 2.05) is 37.3 Å². The number of para-hydroxylation sites is 1. The summed E-state index contributed by atoms with van der Waals surface area (Å²) in [7, 11) is 1.80. The van der Waals surface area contributed by atoms with Gasteiger partial charge in [-0.2, -0.15) is 9.97 Å². The Morgan fingerprint density at radius 1 is 1.23 bits per heavy atom. The van der Waals surface area contributed by atoms with Crippen LogP contribution in [0.5, 0.6) is 0 Å². The van der Waals surface area contributed by atoms with Gasteiger partial charge in [-0.1, -0.05) is 23.4 Å². The molecule has 0 aliphatic heterocycles. The quantitative estimate of drug-likeness (QED) is 0.651. The molecule has 8 nitrogen and oxygen atoms in total. The molecule has 4 N–H and O–H groups in total. The summed E-state index contributed by atoms with van der Waals surface area (Å²) < 4.78 is 1.62. The zero-order chi connectivity index (χ0) is 15.5. The Hall–Kier alpha value is -2.74. The van der Waals surface area contributed by atoms with E-state index < -0.39 is 0 Å². The third kappa shape index (κ3) is 2.96. The molecule has 2 aromatic heterocycles. The Kier molecular flexibility index (Phi) is 3.84. The van der Waals surface area contributed by atoms with Crippen molar-refractivity contribution in [1.29, 1.82) is 0 Å². The molecule has 0 amide bonds. The predicted molar refractivity (Wildman–Crippen MR) is 86.0 cm³/mol. The van der Waals surface area contributed by atoms with Crippen molar-refractivity contribution < 1.29 is 0 Å². The lowest BCUT2D eigenvalue weighted by Crippen LogP contribution is -2.26. The van der Waals surface area contributed by atoms with Crippen molar-refractivity contribution in [3.63, 3.8) is 0 Å². The van der Waals surface area contributed by atoms with Gasteiger partial charge < -0.3 is 16.4 Å². The van der Waals surface area contributed by atoms with E-state index in [0.29, 0.717) is 29.5 Å². The maximum atomic E-state index is 5.76. The van der Waals surface area contributed by atoms with Crippen LogP contribution in [-0.4, -0.2) is 37.5 Å². The molecular weight excluding hydrogens is 280 g/mol. The second-order valence-corrected chi connectivity index (χ2v) is 5.13. The van der Waals surface area contributed by atoms with Crippen molar-refractivity contribution in [1.82, 2.24) is 25.0 Å². The standard InChI is InChI=1S/C14H18N8/c1-9(15)8-16-14-18-12(17-10-6-4-3-5-7-10)11-13(19-14)22(2)21-20-11/h3-7,9H,8,15H2,1-2H3,(H2,16,17,18,19). The number of aromatic nitrogens is 5. The highest BCUT2D eigenvalue weighted by molar-refractivity contribution is 5.85. The summed E-state index contributed by atoms with van der Waals surface area (Å²) in [6.07, 6.45) is 0. The third-order valence-corrected chi connectivity index (χ3v) is 3.07. The van der Waals surface area contributed by atoms with E-state index in [9.17, 15) is 0 Å². The molecule has 0 saturated carbocycles. The SMILES string of the molecule is CC(N)CNc1nc(Nc2ccccc2)c2nnn(C)c2n1. The number of rotatable bonds is 5. The van der Waals surface area contributed by atoms with Crippen LogP contribution in [0.1, 0.15) is 6.92 Å². The van der Waals surface area contributed by atoms with Gasteiger partial charge in [0.1, 0.15) is 0 Å². The zero-order valence-corrected chi connectivity index (χ0v) is 12.5. The van der Waals surface area contributed by atoms with Crippen molar-refractivity contribution >= 4 is 28.6 Å². The average Bonchev–Trinajstić information content (AvgIpc) is 2.88. The fraction of sp³-hybridized carbons (Fsp3) is 0.286. The first-order valence-electron chi connectivity index (χ1n) is 7.02. The van der Waals surface area contributed by atoms with Crippen LogP contribution < -0.4 is 16.4 Å². The first kappa shape index (κ1) is 14.2. The summed E-state index contributed by atoms with van der Waals surface area (Å²) in [4.78, 5) is 8.91. The van der Waals surface area contributed by atoms with Crippen LogP contribution in [0, 0.1) is 0 Å². The van der Waals surface area contributed by atoms with Crippen LogP contribution in [0.4, 0.5) is 17.5 Å². The number of anilines is 3. The summed E-state index contributed by atoms with van der Waals surface area (Å²) >= 11 is 0. The van der Waals surface area contributed by atoms with Crippen molar-refractivity contribution in [3.8, 4) is 0 Å².